The molecular formula is C12H12BrClN2O3. The van der Waals surface area contributed by atoms with Crippen molar-refractivity contribution in [3.05, 3.63) is 38.9 Å². The van der Waals surface area contributed by atoms with Gasteiger partial charge in [-0.15, -0.1) is 0 Å². The van der Waals surface area contributed by atoms with Crippen LogP contribution in [0.15, 0.2) is 18.2 Å². The average molecular weight is 348 g/mol. The lowest BCUT2D eigenvalue weighted by atomic mass is 10.1. The molecule has 0 aromatic heterocycles. The minimum Gasteiger partial charge on any atom is -0.351 e. The van der Waals surface area contributed by atoms with Gasteiger partial charge < -0.3 is 5.32 Å². The summed E-state index contributed by atoms with van der Waals surface area (Å²) in [5.74, 6) is -0.335. The number of non-ortho nitro benzene ring substituents is 1. The highest BCUT2D eigenvalue weighted by molar-refractivity contribution is 9.09. The average Bonchev–Trinajstić information content (AvgIpc) is 3.16. The number of nitrogens with one attached hydrogen (secondary N) is 1. The lowest BCUT2D eigenvalue weighted by molar-refractivity contribution is -0.384. The van der Waals surface area contributed by atoms with Crippen LogP contribution < -0.4 is 5.32 Å². The van der Waals surface area contributed by atoms with Gasteiger partial charge in [-0.1, -0.05) is 27.5 Å². The van der Waals surface area contributed by atoms with Crippen LogP contribution in [0.5, 0.6) is 0 Å². The molecule has 102 valence electrons. The SMILES string of the molecule is O=C(NCC1(CBr)CC1)c1cc(Cl)cc([N+](=O)[O-])c1. The minimum atomic E-state index is -0.566. The molecule has 1 amide bonds. The Morgan fingerprint density at radius 3 is 2.68 bits per heavy atom. The fourth-order valence-corrected chi connectivity index (χ4v) is 2.70. The van der Waals surface area contributed by atoms with E-state index < -0.39 is 4.92 Å². The van der Waals surface area contributed by atoms with Crippen molar-refractivity contribution >= 4 is 39.1 Å². The molecule has 1 aliphatic carbocycles. The summed E-state index contributed by atoms with van der Waals surface area (Å²) in [4.78, 5) is 22.1. The predicted octanol–water partition coefficient (Wildman–Crippen LogP) is 3.15. The normalized spacial score (nSPS) is 15.9. The minimum absolute atomic E-state index is 0.153. The van der Waals surface area contributed by atoms with E-state index in [9.17, 15) is 14.9 Å². The van der Waals surface area contributed by atoms with Crippen molar-refractivity contribution in [2.24, 2.45) is 5.41 Å². The smallest absolute Gasteiger partial charge is 0.271 e. The van der Waals surface area contributed by atoms with E-state index in [1.165, 1.54) is 18.2 Å². The fourth-order valence-electron chi connectivity index (χ4n) is 1.71. The van der Waals surface area contributed by atoms with Gasteiger partial charge in [-0.05, 0) is 24.3 Å². The second-order valence-electron chi connectivity index (χ2n) is 4.77. The molecule has 19 heavy (non-hydrogen) atoms. The molecule has 1 saturated carbocycles. The molecule has 0 heterocycles. The maximum absolute atomic E-state index is 12.0. The van der Waals surface area contributed by atoms with Gasteiger partial charge in [-0.3, -0.25) is 14.9 Å². The van der Waals surface area contributed by atoms with E-state index in [0.29, 0.717) is 6.54 Å². The number of carbonyl (C=O) groups is 1. The molecule has 0 unspecified atom stereocenters. The third-order valence-corrected chi connectivity index (χ3v) is 4.63. The summed E-state index contributed by atoms with van der Waals surface area (Å²) in [6.45, 7) is 0.567. The number of nitro groups is 1. The van der Waals surface area contributed by atoms with E-state index in [2.05, 4.69) is 21.2 Å². The Bertz CT molecular complexity index is 532. The van der Waals surface area contributed by atoms with Crippen molar-refractivity contribution in [1.82, 2.24) is 5.32 Å². The number of amides is 1. The molecule has 2 rings (SSSR count). The van der Waals surface area contributed by atoms with Crippen LogP contribution in [-0.2, 0) is 0 Å². The standard InChI is InChI=1S/C12H12BrClN2O3/c13-6-12(1-2-12)7-15-11(17)8-3-9(14)5-10(4-8)16(18)19/h3-5H,1-2,6-7H2,(H,15,17). The molecule has 1 N–H and O–H groups in total. The van der Waals surface area contributed by atoms with Crippen molar-refractivity contribution in [2.45, 2.75) is 12.8 Å². The van der Waals surface area contributed by atoms with Crippen molar-refractivity contribution in [3.8, 4) is 0 Å². The van der Waals surface area contributed by atoms with Crippen molar-refractivity contribution in [3.63, 3.8) is 0 Å². The first-order valence-electron chi connectivity index (χ1n) is 5.75. The van der Waals surface area contributed by atoms with Crippen LogP contribution in [0.25, 0.3) is 0 Å². The Hall–Kier alpha value is -1.14. The largest absolute Gasteiger partial charge is 0.351 e. The van der Waals surface area contributed by atoms with Crippen molar-refractivity contribution < 1.29 is 9.72 Å². The number of nitro benzene ring substituents is 1. The van der Waals surface area contributed by atoms with Crippen LogP contribution in [0.2, 0.25) is 5.02 Å². The van der Waals surface area contributed by atoms with Crippen molar-refractivity contribution in [1.29, 1.82) is 0 Å². The zero-order valence-electron chi connectivity index (χ0n) is 9.99. The molecule has 0 radical (unpaired) electrons. The molecule has 0 aliphatic heterocycles. The number of benzene rings is 1. The highest BCUT2D eigenvalue weighted by Crippen LogP contribution is 2.46. The van der Waals surface area contributed by atoms with Gasteiger partial charge in [0, 0.05) is 34.6 Å². The lowest BCUT2D eigenvalue weighted by Crippen LogP contribution is -2.30. The molecule has 1 aromatic carbocycles. The monoisotopic (exact) mass is 346 g/mol. The second kappa shape index (κ2) is 5.46. The number of nitrogens with zero attached hydrogens (tertiary/aromatic N) is 1. The highest BCUT2D eigenvalue weighted by Gasteiger charge is 2.41. The molecule has 0 saturated heterocycles. The first-order chi connectivity index (χ1) is 8.96. The molecule has 5 nitrogen and oxygen atoms in total. The Labute approximate surface area is 123 Å². The summed E-state index contributed by atoms with van der Waals surface area (Å²) < 4.78 is 0. The van der Waals surface area contributed by atoms with Gasteiger partial charge in [-0.2, -0.15) is 0 Å². The maximum Gasteiger partial charge on any atom is 0.271 e. The van der Waals surface area contributed by atoms with E-state index in [1.807, 2.05) is 0 Å². The molecule has 1 fully saturated rings. The molecular weight excluding hydrogens is 336 g/mol. The van der Waals surface area contributed by atoms with E-state index in [0.717, 1.165) is 18.2 Å². The third-order valence-electron chi connectivity index (χ3n) is 3.22. The van der Waals surface area contributed by atoms with Crippen LogP contribution in [0, 0.1) is 15.5 Å². The van der Waals surface area contributed by atoms with Crippen LogP contribution in [0.4, 0.5) is 5.69 Å². The second-order valence-corrected chi connectivity index (χ2v) is 5.77. The van der Waals surface area contributed by atoms with E-state index in [-0.39, 0.29) is 27.6 Å². The highest BCUT2D eigenvalue weighted by atomic mass is 79.9. The van der Waals surface area contributed by atoms with Crippen molar-refractivity contribution in [2.75, 3.05) is 11.9 Å². The number of hydrogen-bond acceptors (Lipinski definition) is 3. The maximum atomic E-state index is 12.0. The summed E-state index contributed by atoms with van der Waals surface area (Å²) in [5.41, 5.74) is 0.184. The van der Waals surface area contributed by atoms with E-state index in [4.69, 9.17) is 11.6 Å². The van der Waals surface area contributed by atoms with Crippen LogP contribution in [0.1, 0.15) is 23.2 Å². The van der Waals surface area contributed by atoms with Gasteiger partial charge in [0.25, 0.3) is 11.6 Å². The topological polar surface area (TPSA) is 72.2 Å². The number of hydrogen-bond donors (Lipinski definition) is 1. The van der Waals surface area contributed by atoms with Crippen LogP contribution in [-0.4, -0.2) is 22.7 Å². The zero-order chi connectivity index (χ0) is 14.0. The molecule has 7 heteroatoms. The Morgan fingerprint density at radius 1 is 1.47 bits per heavy atom. The van der Waals surface area contributed by atoms with Gasteiger partial charge in [0.05, 0.1) is 4.92 Å². The summed E-state index contributed by atoms with van der Waals surface area (Å²) in [6, 6.07) is 3.88. The lowest BCUT2D eigenvalue weighted by Gasteiger charge is -2.12. The summed E-state index contributed by atoms with van der Waals surface area (Å²) in [6.07, 6.45) is 2.16. The summed E-state index contributed by atoms with van der Waals surface area (Å²) in [5, 5.41) is 14.5. The third kappa shape index (κ3) is 3.45. The van der Waals surface area contributed by atoms with Gasteiger partial charge in [0.1, 0.15) is 0 Å². The number of alkyl halides is 1. The number of rotatable bonds is 5. The van der Waals surface area contributed by atoms with E-state index in [1.54, 1.807) is 0 Å². The molecule has 0 spiro atoms. The Kier molecular flexibility index (Phi) is 4.10. The first-order valence-corrected chi connectivity index (χ1v) is 7.25. The number of carbonyl (C=O) groups excluding carboxylic acids is 1. The predicted molar refractivity (Wildman–Crippen MR) is 75.9 cm³/mol. The van der Waals surface area contributed by atoms with Gasteiger partial charge in [-0.25, -0.2) is 0 Å². The first kappa shape index (κ1) is 14.3. The molecule has 1 aliphatic rings. The van der Waals surface area contributed by atoms with Gasteiger partial charge in [0.2, 0.25) is 0 Å². The fraction of sp³-hybridized carbons (Fsp3) is 0.417. The van der Waals surface area contributed by atoms with Crippen LogP contribution >= 0.6 is 27.5 Å². The Morgan fingerprint density at radius 2 is 2.16 bits per heavy atom. The number of halogens is 2. The van der Waals surface area contributed by atoms with Crippen LogP contribution in [0.3, 0.4) is 0 Å². The quantitative estimate of drug-likeness (QED) is 0.505. The molecule has 1 aromatic rings. The van der Waals surface area contributed by atoms with Gasteiger partial charge >= 0.3 is 0 Å². The summed E-state index contributed by atoms with van der Waals surface area (Å²) >= 11 is 9.20. The zero-order valence-corrected chi connectivity index (χ0v) is 12.3. The van der Waals surface area contributed by atoms with Gasteiger partial charge in [0.15, 0.2) is 0 Å². The van der Waals surface area contributed by atoms with E-state index >= 15 is 0 Å². The Balaban J connectivity index is 2.08. The molecule has 0 atom stereocenters. The molecule has 0 bridgehead atoms. The summed E-state index contributed by atoms with van der Waals surface area (Å²) in [7, 11) is 0.